The molecule has 2 rings (SSSR count). The smallest absolute Gasteiger partial charge is 0.292 e. The van der Waals surface area contributed by atoms with Gasteiger partial charge in [-0.25, -0.2) is 9.78 Å². The molecule has 2 aromatic rings. The van der Waals surface area contributed by atoms with Crippen molar-refractivity contribution in [2.24, 2.45) is 0 Å². The largest absolute Gasteiger partial charge is 0.328 e. The summed E-state index contributed by atoms with van der Waals surface area (Å²) in [5.74, 6) is -0.0183. The fraction of sp³-hybridized carbons (Fsp3) is 0.222. The summed E-state index contributed by atoms with van der Waals surface area (Å²) in [6.45, 7) is -2.97. The molecule has 0 aliphatic carbocycles. The van der Waals surface area contributed by atoms with E-state index in [-0.39, 0.29) is 17.4 Å². The predicted molar refractivity (Wildman–Crippen MR) is 58.9 cm³/mol. The van der Waals surface area contributed by atoms with Crippen LogP contribution in [0.4, 0.5) is 8.78 Å². The average Bonchev–Trinajstić information content (AvgIpc) is 2.74. The molecule has 0 fully saturated rings. The molecule has 2 heterocycles. The molecule has 6 nitrogen and oxygen atoms in total. The highest BCUT2D eigenvalue weighted by Gasteiger charge is 2.12. The molecule has 0 bridgehead atoms. The Hall–Kier alpha value is -1.96. The van der Waals surface area contributed by atoms with Crippen LogP contribution in [0.3, 0.4) is 0 Å². The molecule has 0 unspecified atom stereocenters. The minimum atomic E-state index is -2.75. The Bertz CT molecular complexity index is 676. The van der Waals surface area contributed by atoms with E-state index in [0.717, 1.165) is 17.0 Å². The lowest BCUT2D eigenvalue weighted by molar-refractivity contribution is 0.0666. The zero-order valence-corrected chi connectivity index (χ0v) is 9.56. The predicted octanol–water partition coefficient (Wildman–Crippen LogP) is 0.830. The fourth-order valence-corrected chi connectivity index (χ4v) is 1.56. The summed E-state index contributed by atoms with van der Waals surface area (Å²) in [5.41, 5.74) is -1.47. The number of hydrogen-bond acceptors (Lipinski definition) is 3. The van der Waals surface area contributed by atoms with E-state index in [0.29, 0.717) is 4.57 Å². The third kappa shape index (κ3) is 2.33. The second-order valence-electron chi connectivity index (χ2n) is 3.39. The highest BCUT2D eigenvalue weighted by atomic mass is 35.5. The van der Waals surface area contributed by atoms with Crippen molar-refractivity contribution in [3.05, 3.63) is 50.3 Å². The van der Waals surface area contributed by atoms with Crippen LogP contribution < -0.4 is 11.2 Å². The van der Waals surface area contributed by atoms with Gasteiger partial charge in [0.15, 0.2) is 0 Å². The molecule has 0 amide bonds. The SMILES string of the molecule is O=c1[nH]c(=O)n(Cc2nccn2C(F)F)cc1Cl. The number of halogens is 3. The van der Waals surface area contributed by atoms with Crippen LogP contribution >= 0.6 is 11.6 Å². The van der Waals surface area contributed by atoms with Crippen LogP contribution in [0.15, 0.2) is 28.2 Å². The number of H-pyrrole nitrogens is 1. The zero-order chi connectivity index (χ0) is 13.3. The summed E-state index contributed by atoms with van der Waals surface area (Å²) < 4.78 is 26.7. The number of aromatic amines is 1. The molecule has 1 N–H and O–H groups in total. The van der Waals surface area contributed by atoms with E-state index < -0.39 is 17.8 Å². The van der Waals surface area contributed by atoms with Gasteiger partial charge in [-0.3, -0.25) is 18.9 Å². The molecule has 9 heteroatoms. The van der Waals surface area contributed by atoms with Gasteiger partial charge >= 0.3 is 12.2 Å². The highest BCUT2D eigenvalue weighted by molar-refractivity contribution is 6.30. The number of aromatic nitrogens is 4. The maximum atomic E-state index is 12.6. The number of alkyl halides is 2. The van der Waals surface area contributed by atoms with Crippen LogP contribution in [-0.4, -0.2) is 19.1 Å². The van der Waals surface area contributed by atoms with E-state index in [1.54, 1.807) is 0 Å². The van der Waals surface area contributed by atoms with Crippen molar-refractivity contribution in [1.29, 1.82) is 0 Å². The van der Waals surface area contributed by atoms with Crippen LogP contribution in [0.25, 0.3) is 0 Å². The Morgan fingerprint density at radius 3 is 2.83 bits per heavy atom. The van der Waals surface area contributed by atoms with Crippen molar-refractivity contribution in [2.75, 3.05) is 0 Å². The Kier molecular flexibility index (Phi) is 3.28. The van der Waals surface area contributed by atoms with Crippen LogP contribution in [-0.2, 0) is 6.54 Å². The lowest BCUT2D eigenvalue weighted by atomic mass is 10.5. The molecular formula is C9H7ClF2N4O2. The Balaban J connectivity index is 2.40. The van der Waals surface area contributed by atoms with E-state index in [2.05, 4.69) is 4.98 Å². The van der Waals surface area contributed by atoms with Crippen molar-refractivity contribution in [1.82, 2.24) is 19.1 Å². The quantitative estimate of drug-likeness (QED) is 0.902. The first kappa shape index (κ1) is 12.5. The fourth-order valence-electron chi connectivity index (χ4n) is 1.40. The first-order valence-electron chi connectivity index (χ1n) is 4.78. The molecular weight excluding hydrogens is 270 g/mol. The van der Waals surface area contributed by atoms with Gasteiger partial charge < -0.3 is 0 Å². The summed E-state index contributed by atoms with van der Waals surface area (Å²) in [7, 11) is 0. The van der Waals surface area contributed by atoms with E-state index in [1.807, 2.05) is 4.98 Å². The van der Waals surface area contributed by atoms with Gasteiger partial charge in [-0.05, 0) is 0 Å². The molecule has 0 atom stereocenters. The third-order valence-corrected chi connectivity index (χ3v) is 2.51. The van der Waals surface area contributed by atoms with Crippen molar-refractivity contribution >= 4 is 11.6 Å². The minimum Gasteiger partial charge on any atom is -0.292 e. The first-order valence-corrected chi connectivity index (χ1v) is 5.16. The normalized spacial score (nSPS) is 11.1. The Morgan fingerprint density at radius 1 is 1.44 bits per heavy atom. The molecule has 0 radical (unpaired) electrons. The molecule has 0 saturated heterocycles. The minimum absolute atomic E-state index is 0.0183. The van der Waals surface area contributed by atoms with Crippen LogP contribution in [0, 0.1) is 0 Å². The number of nitrogens with zero attached hydrogens (tertiary/aromatic N) is 3. The molecule has 0 aliphatic heterocycles. The standard InChI is InChI=1S/C9H7ClF2N4O2/c10-5-3-15(9(18)14-7(5)17)4-6-13-1-2-16(6)8(11)12/h1-3,8H,4H2,(H,14,17,18). The zero-order valence-electron chi connectivity index (χ0n) is 8.81. The van der Waals surface area contributed by atoms with Crippen molar-refractivity contribution in [2.45, 2.75) is 13.1 Å². The van der Waals surface area contributed by atoms with Crippen molar-refractivity contribution in [3.63, 3.8) is 0 Å². The molecule has 0 spiro atoms. The second kappa shape index (κ2) is 4.73. The summed E-state index contributed by atoms with van der Waals surface area (Å²) in [6, 6.07) is 0. The third-order valence-electron chi connectivity index (χ3n) is 2.24. The second-order valence-corrected chi connectivity index (χ2v) is 3.80. The number of imidazole rings is 1. The van der Waals surface area contributed by atoms with Gasteiger partial charge in [-0.15, -0.1) is 0 Å². The highest BCUT2D eigenvalue weighted by Crippen LogP contribution is 2.12. The maximum absolute atomic E-state index is 12.6. The van der Waals surface area contributed by atoms with E-state index in [4.69, 9.17) is 11.6 Å². The molecule has 96 valence electrons. The molecule has 0 saturated carbocycles. The van der Waals surface area contributed by atoms with E-state index >= 15 is 0 Å². The summed E-state index contributed by atoms with van der Waals surface area (Å²) in [4.78, 5) is 28.1. The molecule has 0 aliphatic rings. The lowest BCUT2D eigenvalue weighted by Crippen LogP contribution is -2.30. The molecule has 2 aromatic heterocycles. The van der Waals surface area contributed by atoms with Gasteiger partial charge in [0.1, 0.15) is 10.8 Å². The number of rotatable bonds is 3. The van der Waals surface area contributed by atoms with E-state index in [1.165, 1.54) is 6.20 Å². The van der Waals surface area contributed by atoms with Crippen molar-refractivity contribution < 1.29 is 8.78 Å². The molecule has 18 heavy (non-hydrogen) atoms. The van der Waals surface area contributed by atoms with Gasteiger partial charge in [0.2, 0.25) is 0 Å². The van der Waals surface area contributed by atoms with Gasteiger partial charge in [0, 0.05) is 18.6 Å². The Morgan fingerprint density at radius 2 is 2.17 bits per heavy atom. The Labute approximate surface area is 103 Å². The van der Waals surface area contributed by atoms with Crippen LogP contribution in [0.1, 0.15) is 12.4 Å². The maximum Gasteiger partial charge on any atom is 0.328 e. The van der Waals surface area contributed by atoms with Gasteiger partial charge in [-0.1, -0.05) is 11.6 Å². The number of nitrogens with one attached hydrogen (secondary N) is 1. The summed E-state index contributed by atoms with van der Waals surface area (Å²) in [5, 5.41) is -0.204. The summed E-state index contributed by atoms with van der Waals surface area (Å²) in [6.07, 6.45) is 3.37. The van der Waals surface area contributed by atoms with E-state index in [9.17, 15) is 18.4 Å². The lowest BCUT2D eigenvalue weighted by Gasteiger charge is -2.08. The van der Waals surface area contributed by atoms with Gasteiger partial charge in [0.25, 0.3) is 5.56 Å². The topological polar surface area (TPSA) is 72.7 Å². The number of hydrogen-bond donors (Lipinski definition) is 1. The molecule has 0 aromatic carbocycles. The first-order chi connectivity index (χ1) is 8.49. The van der Waals surface area contributed by atoms with Gasteiger partial charge in [-0.2, -0.15) is 8.78 Å². The summed E-state index contributed by atoms with van der Waals surface area (Å²) >= 11 is 5.55. The van der Waals surface area contributed by atoms with Gasteiger partial charge in [0.05, 0.1) is 6.54 Å². The van der Waals surface area contributed by atoms with Crippen molar-refractivity contribution in [3.8, 4) is 0 Å². The van der Waals surface area contributed by atoms with Crippen LogP contribution in [0.2, 0.25) is 5.02 Å². The average molecular weight is 277 g/mol. The monoisotopic (exact) mass is 276 g/mol. The van der Waals surface area contributed by atoms with Crippen LogP contribution in [0.5, 0.6) is 0 Å².